The summed E-state index contributed by atoms with van der Waals surface area (Å²) < 4.78 is 5.38. The number of amidine groups is 2. The highest BCUT2D eigenvalue weighted by molar-refractivity contribution is 6.33. The van der Waals surface area contributed by atoms with E-state index in [4.69, 9.17) is 38.4 Å². The minimum absolute atomic E-state index is 0. The molecule has 0 saturated heterocycles. The standard InChI is InChI=1S/C17H14ClN5O.2ClH/c18-13-6-5-11(17(21)22)7-12(13)14-8-15(24-23-14)9-1-3-10(4-2-9)16(19)20;;/h1-8H,(H3,19,20)(H3,21,22);2*1H. The molecule has 26 heavy (non-hydrogen) atoms. The third-order valence-corrected chi connectivity index (χ3v) is 3.87. The highest BCUT2D eigenvalue weighted by Gasteiger charge is 2.13. The Balaban J connectivity index is 0.00000169. The van der Waals surface area contributed by atoms with Gasteiger partial charge >= 0.3 is 0 Å². The van der Waals surface area contributed by atoms with Crippen LogP contribution in [0, 0.1) is 10.8 Å². The van der Waals surface area contributed by atoms with Crippen molar-refractivity contribution < 1.29 is 4.52 Å². The van der Waals surface area contributed by atoms with E-state index < -0.39 is 0 Å². The summed E-state index contributed by atoms with van der Waals surface area (Å²) in [5, 5.41) is 19.5. The van der Waals surface area contributed by atoms with Gasteiger partial charge in [-0.05, 0) is 18.2 Å². The largest absolute Gasteiger partial charge is 0.384 e. The van der Waals surface area contributed by atoms with Crippen molar-refractivity contribution in [3.8, 4) is 22.6 Å². The molecule has 136 valence electrons. The molecule has 2 aromatic carbocycles. The zero-order chi connectivity index (χ0) is 17.3. The van der Waals surface area contributed by atoms with E-state index in [1.165, 1.54) is 0 Å². The molecule has 0 radical (unpaired) electrons. The molecular weight excluding hydrogens is 397 g/mol. The molecule has 0 unspecified atom stereocenters. The number of nitrogens with one attached hydrogen (secondary N) is 2. The van der Waals surface area contributed by atoms with Crippen molar-refractivity contribution in [2.24, 2.45) is 11.5 Å². The molecule has 0 amide bonds. The van der Waals surface area contributed by atoms with Gasteiger partial charge in [0.2, 0.25) is 0 Å². The van der Waals surface area contributed by atoms with Gasteiger partial charge in [0.05, 0.1) is 5.02 Å². The lowest BCUT2D eigenvalue weighted by Crippen LogP contribution is -2.10. The molecule has 0 atom stereocenters. The monoisotopic (exact) mass is 411 g/mol. The van der Waals surface area contributed by atoms with Crippen LogP contribution in [0.5, 0.6) is 0 Å². The van der Waals surface area contributed by atoms with E-state index in [2.05, 4.69) is 5.16 Å². The maximum Gasteiger partial charge on any atom is 0.167 e. The van der Waals surface area contributed by atoms with Crippen LogP contribution in [0.25, 0.3) is 22.6 Å². The molecule has 0 bridgehead atoms. The fourth-order valence-corrected chi connectivity index (χ4v) is 2.46. The van der Waals surface area contributed by atoms with Crippen molar-refractivity contribution in [1.82, 2.24) is 5.16 Å². The number of rotatable bonds is 4. The fourth-order valence-electron chi connectivity index (χ4n) is 2.24. The van der Waals surface area contributed by atoms with Gasteiger partial charge in [-0.1, -0.05) is 41.0 Å². The predicted octanol–water partition coefficient (Wildman–Crippen LogP) is 4.07. The number of aromatic nitrogens is 1. The van der Waals surface area contributed by atoms with Crippen LogP contribution in [-0.2, 0) is 0 Å². The number of hydrogen-bond acceptors (Lipinski definition) is 4. The van der Waals surface area contributed by atoms with Crippen LogP contribution in [0.4, 0.5) is 0 Å². The molecule has 1 aromatic heterocycles. The van der Waals surface area contributed by atoms with Crippen molar-refractivity contribution in [2.45, 2.75) is 0 Å². The van der Waals surface area contributed by atoms with E-state index >= 15 is 0 Å². The third kappa shape index (κ3) is 4.35. The number of nitrogens with zero attached hydrogens (tertiary/aromatic N) is 1. The molecule has 0 aliphatic carbocycles. The number of nitrogens with two attached hydrogens (primary N) is 2. The van der Waals surface area contributed by atoms with Gasteiger partial charge in [0.1, 0.15) is 17.4 Å². The Hall–Kier alpha value is -2.54. The second-order valence-electron chi connectivity index (χ2n) is 5.18. The van der Waals surface area contributed by atoms with E-state index in [1.807, 2.05) is 0 Å². The van der Waals surface area contributed by atoms with Crippen LogP contribution >= 0.6 is 36.4 Å². The Morgan fingerprint density at radius 1 is 0.885 bits per heavy atom. The summed E-state index contributed by atoms with van der Waals surface area (Å²) in [6, 6.07) is 13.9. The number of benzene rings is 2. The predicted molar refractivity (Wildman–Crippen MR) is 109 cm³/mol. The van der Waals surface area contributed by atoms with Crippen LogP contribution in [0.3, 0.4) is 0 Å². The SMILES string of the molecule is Cl.Cl.N=C(N)c1ccc(-c2cc(-c3cc(C(=N)N)ccc3Cl)no2)cc1. The Morgan fingerprint density at radius 3 is 2.04 bits per heavy atom. The van der Waals surface area contributed by atoms with E-state index in [-0.39, 0.29) is 36.5 Å². The molecule has 9 heteroatoms. The molecule has 0 fully saturated rings. The summed E-state index contributed by atoms with van der Waals surface area (Å²) in [5.74, 6) is 0.522. The van der Waals surface area contributed by atoms with Gasteiger partial charge in [-0.3, -0.25) is 10.8 Å². The van der Waals surface area contributed by atoms with Gasteiger partial charge in [-0.15, -0.1) is 24.8 Å². The van der Waals surface area contributed by atoms with Crippen LogP contribution in [0.15, 0.2) is 53.1 Å². The van der Waals surface area contributed by atoms with E-state index in [9.17, 15) is 0 Å². The summed E-state index contributed by atoms with van der Waals surface area (Å²) >= 11 is 6.22. The summed E-state index contributed by atoms with van der Waals surface area (Å²) in [5.41, 5.74) is 14.1. The summed E-state index contributed by atoms with van der Waals surface area (Å²) in [6.07, 6.45) is 0. The first-order valence-corrected chi connectivity index (χ1v) is 7.39. The Kier molecular flexibility index (Phi) is 7.20. The average Bonchev–Trinajstić information content (AvgIpc) is 3.05. The van der Waals surface area contributed by atoms with Crippen molar-refractivity contribution in [3.63, 3.8) is 0 Å². The average molecular weight is 413 g/mol. The summed E-state index contributed by atoms with van der Waals surface area (Å²) in [4.78, 5) is 0. The lowest BCUT2D eigenvalue weighted by Gasteiger charge is -2.03. The van der Waals surface area contributed by atoms with Gasteiger partial charge in [-0.2, -0.15) is 0 Å². The molecule has 6 N–H and O–H groups in total. The third-order valence-electron chi connectivity index (χ3n) is 3.54. The lowest BCUT2D eigenvalue weighted by atomic mass is 10.1. The number of nitrogen functional groups attached to an aromatic ring is 2. The quantitative estimate of drug-likeness (QED) is 0.380. The zero-order valence-corrected chi connectivity index (χ0v) is 15.7. The van der Waals surface area contributed by atoms with Gasteiger partial charge in [0.25, 0.3) is 0 Å². The molecule has 0 saturated carbocycles. The molecule has 1 heterocycles. The van der Waals surface area contributed by atoms with Gasteiger partial charge in [0.15, 0.2) is 5.76 Å². The highest BCUT2D eigenvalue weighted by Crippen LogP contribution is 2.31. The molecule has 0 aliphatic heterocycles. The molecule has 0 aliphatic rings. The zero-order valence-electron chi connectivity index (χ0n) is 13.3. The van der Waals surface area contributed by atoms with Gasteiger partial charge in [-0.25, -0.2) is 0 Å². The number of halogens is 3. The summed E-state index contributed by atoms with van der Waals surface area (Å²) in [7, 11) is 0. The highest BCUT2D eigenvalue weighted by atomic mass is 35.5. The first-order valence-electron chi connectivity index (χ1n) is 7.01. The minimum atomic E-state index is -0.0449. The molecule has 6 nitrogen and oxygen atoms in total. The minimum Gasteiger partial charge on any atom is -0.384 e. The fraction of sp³-hybridized carbons (Fsp3) is 0. The molecular formula is C17H16Cl3N5O. The lowest BCUT2D eigenvalue weighted by molar-refractivity contribution is 0.435. The first kappa shape index (κ1) is 21.5. The van der Waals surface area contributed by atoms with E-state index in [0.717, 1.165) is 5.56 Å². The molecule has 0 spiro atoms. The van der Waals surface area contributed by atoms with E-state index in [0.29, 0.717) is 33.2 Å². The van der Waals surface area contributed by atoms with Crippen LogP contribution < -0.4 is 11.5 Å². The Morgan fingerprint density at radius 2 is 1.46 bits per heavy atom. The molecule has 3 aromatic rings. The summed E-state index contributed by atoms with van der Waals surface area (Å²) in [6.45, 7) is 0. The topological polar surface area (TPSA) is 126 Å². The smallest absolute Gasteiger partial charge is 0.167 e. The normalized spacial score (nSPS) is 9.73. The van der Waals surface area contributed by atoms with Crippen molar-refractivity contribution in [3.05, 3.63) is 64.7 Å². The van der Waals surface area contributed by atoms with Crippen molar-refractivity contribution >= 4 is 48.1 Å². The van der Waals surface area contributed by atoms with Crippen molar-refractivity contribution in [1.29, 1.82) is 10.8 Å². The van der Waals surface area contributed by atoms with Gasteiger partial charge in [0, 0.05) is 28.3 Å². The van der Waals surface area contributed by atoms with Crippen LogP contribution in [0.1, 0.15) is 11.1 Å². The maximum atomic E-state index is 7.52. The Bertz CT molecular complexity index is 938. The van der Waals surface area contributed by atoms with Crippen LogP contribution in [-0.4, -0.2) is 16.8 Å². The van der Waals surface area contributed by atoms with Gasteiger partial charge < -0.3 is 16.0 Å². The van der Waals surface area contributed by atoms with Crippen LogP contribution in [0.2, 0.25) is 5.02 Å². The first-order chi connectivity index (χ1) is 11.5. The van der Waals surface area contributed by atoms with Crippen molar-refractivity contribution in [2.75, 3.05) is 0 Å². The Labute approximate surface area is 167 Å². The van der Waals surface area contributed by atoms with E-state index in [1.54, 1.807) is 48.5 Å². The second-order valence-corrected chi connectivity index (χ2v) is 5.58. The second kappa shape index (κ2) is 8.71. The number of hydrogen-bond donors (Lipinski definition) is 4. The molecule has 3 rings (SSSR count). The maximum absolute atomic E-state index is 7.52.